The molecule has 4 bridgehead atoms. The van der Waals surface area contributed by atoms with Crippen molar-refractivity contribution in [3.05, 3.63) is 110 Å². The Morgan fingerprint density at radius 1 is 0.778 bits per heavy atom. The van der Waals surface area contributed by atoms with E-state index in [1.54, 1.807) is 12.1 Å². The Morgan fingerprint density at radius 3 is 1.76 bits per heavy atom. The van der Waals surface area contributed by atoms with Crippen LogP contribution in [0.4, 0.5) is 13.2 Å². The molecule has 9 rings (SSSR count). The Morgan fingerprint density at radius 2 is 1.27 bits per heavy atom. The van der Waals surface area contributed by atoms with Crippen molar-refractivity contribution in [2.24, 2.45) is 29.1 Å². The number of allylic oxidation sites excluding steroid dienone is 4. The summed E-state index contributed by atoms with van der Waals surface area (Å²) in [4.78, 5) is 0. The molecule has 235 valence electrons. The predicted molar refractivity (Wildman–Crippen MR) is 167 cm³/mol. The Kier molecular flexibility index (Phi) is 8.66. The Bertz CT molecular complexity index is 1650. The van der Waals surface area contributed by atoms with Gasteiger partial charge >= 0.3 is 259 Å². The van der Waals surface area contributed by atoms with Gasteiger partial charge in [-0.05, 0) is 0 Å². The monoisotopic (exact) mass is 725 g/mol. The second kappa shape index (κ2) is 11.7. The molecule has 0 nitrogen and oxygen atoms in total. The van der Waals surface area contributed by atoms with Gasteiger partial charge in [-0.2, -0.15) is 0 Å². The van der Waals surface area contributed by atoms with E-state index in [4.69, 9.17) is 4.21 Å². The van der Waals surface area contributed by atoms with Crippen molar-refractivity contribution in [1.29, 1.82) is 0 Å². The topological polar surface area (TPSA) is 0 Å². The average Bonchev–Trinajstić information content (AvgIpc) is 3.45. The van der Waals surface area contributed by atoms with Crippen molar-refractivity contribution in [3.8, 4) is 11.1 Å². The van der Waals surface area contributed by atoms with Crippen LogP contribution in [0.15, 0.2) is 93.3 Å². The van der Waals surface area contributed by atoms with Gasteiger partial charge in [0, 0.05) is 0 Å². The summed E-state index contributed by atoms with van der Waals surface area (Å²) < 4.78 is 49.1. The molecule has 6 heteroatoms. The van der Waals surface area contributed by atoms with Crippen LogP contribution in [-0.4, -0.2) is 4.21 Å². The van der Waals surface area contributed by atoms with Gasteiger partial charge in [0.15, 0.2) is 0 Å². The van der Waals surface area contributed by atoms with Crippen molar-refractivity contribution in [2.75, 3.05) is 0 Å². The van der Waals surface area contributed by atoms with Crippen molar-refractivity contribution < 1.29 is 57.8 Å². The van der Waals surface area contributed by atoms with Gasteiger partial charge in [-0.25, -0.2) is 0 Å². The first-order valence-electron chi connectivity index (χ1n) is 16.2. The number of hydrogen-bond donors (Lipinski definition) is 0. The second-order valence-electron chi connectivity index (χ2n) is 14.8. The number of fused-ring (bicyclic) bond motifs is 3. The molecule has 2 atom stereocenters. The predicted octanol–water partition coefficient (Wildman–Crippen LogP) is 4.15. The molecule has 3 aromatic carbocycles. The van der Waals surface area contributed by atoms with Crippen LogP contribution in [0.25, 0.3) is 11.1 Å². The fourth-order valence-electron chi connectivity index (χ4n) is 11.0. The molecule has 0 N–H and O–H groups in total. The third-order valence-corrected chi connectivity index (χ3v) is 23.8. The molecule has 0 amide bonds. The number of halogens is 5. The van der Waals surface area contributed by atoms with Gasteiger partial charge in [0.2, 0.25) is 0 Å². The fourth-order valence-corrected chi connectivity index (χ4v) is 23.3. The number of alkyl halides is 3. The number of hydrogen-bond acceptors (Lipinski definition) is 0. The van der Waals surface area contributed by atoms with Crippen LogP contribution in [0.1, 0.15) is 79.1 Å². The molecule has 0 radical (unpaired) electrons. The van der Waals surface area contributed by atoms with Gasteiger partial charge < -0.3 is 24.8 Å². The minimum atomic E-state index is -4.35. The smallest absolute Gasteiger partial charge is 1.00 e. The fraction of sp³-hybridized carbons (Fsp3) is 0.410. The molecule has 45 heavy (non-hydrogen) atoms. The summed E-state index contributed by atoms with van der Waals surface area (Å²) in [6.45, 7) is 4.66. The molecule has 0 spiro atoms. The Hall–Kier alpha value is -1.74. The minimum Gasteiger partial charge on any atom is -1.00 e. The zero-order valence-electron chi connectivity index (χ0n) is 25.9. The second-order valence-corrected chi connectivity index (χ2v) is 23.7. The first-order valence-corrected chi connectivity index (χ1v) is 21.8. The van der Waals surface area contributed by atoms with Crippen molar-refractivity contribution in [2.45, 2.75) is 68.6 Å². The largest absolute Gasteiger partial charge is 1.00 e. The van der Waals surface area contributed by atoms with Crippen LogP contribution in [0.2, 0.25) is 0 Å². The summed E-state index contributed by atoms with van der Waals surface area (Å²) in [7, 11) is 0. The van der Waals surface area contributed by atoms with Crippen LogP contribution < -0.4 is 28.1 Å². The molecule has 0 saturated heterocycles. The maximum absolute atomic E-state index is 13.7. The molecule has 6 aliphatic carbocycles. The van der Waals surface area contributed by atoms with Gasteiger partial charge in [-0.3, -0.25) is 0 Å². The quantitative estimate of drug-likeness (QED) is 0.371. The standard InChI is InChI=1S/C18H25.C13H9.C7H4F3.CH2.2ClH.Zr/c1-12-3-13(2)17(4-12)11-18-8-14-5-15(9-18)7-16(6-14)10-18;1-3-7-12-10(5-1)9-11-6-2-4-8-13(11)12;8-7(9,10)6-4-2-1-3-5-6;;;;/h4,12,14-16H,5-11H2,1-2H3;1-9H;2-5H;1H2;2*1H;/q;;;;;;+2/p-2. The summed E-state index contributed by atoms with van der Waals surface area (Å²) >= 11 is -4.00. The maximum atomic E-state index is 13.7. The summed E-state index contributed by atoms with van der Waals surface area (Å²) in [5.74, 6) is 3.00. The van der Waals surface area contributed by atoms with Crippen molar-refractivity contribution >= 4 is 7.48 Å². The van der Waals surface area contributed by atoms with E-state index >= 15 is 0 Å². The van der Waals surface area contributed by atoms with Gasteiger partial charge in [0.1, 0.15) is 0 Å². The van der Waals surface area contributed by atoms with Crippen LogP contribution in [-0.2, 0) is 26.0 Å². The van der Waals surface area contributed by atoms with Gasteiger partial charge in [-0.1, -0.05) is 0 Å². The van der Waals surface area contributed by atoms with Crippen LogP contribution in [0.3, 0.4) is 0 Å². The van der Waals surface area contributed by atoms with Gasteiger partial charge in [0.05, 0.1) is 0 Å². The molecular formula is C39H40Cl2F3Zr. The maximum Gasteiger partial charge on any atom is -1.00 e. The molecule has 0 heterocycles. The van der Waals surface area contributed by atoms with E-state index in [9.17, 15) is 13.2 Å². The number of rotatable bonds is 5. The van der Waals surface area contributed by atoms with E-state index in [0.29, 0.717) is 5.41 Å². The number of benzene rings is 3. The first-order chi connectivity index (χ1) is 20.6. The average molecular weight is 728 g/mol. The molecule has 2 unspecified atom stereocenters. The van der Waals surface area contributed by atoms with E-state index in [1.807, 2.05) is 0 Å². The Labute approximate surface area is 282 Å². The van der Waals surface area contributed by atoms with E-state index in [2.05, 4.69) is 68.5 Å². The van der Waals surface area contributed by atoms with E-state index in [1.165, 1.54) is 93.8 Å². The summed E-state index contributed by atoms with van der Waals surface area (Å²) in [6, 6.07) is 23.6. The molecule has 0 aliphatic heterocycles. The zero-order chi connectivity index (χ0) is 29.7. The summed E-state index contributed by atoms with van der Waals surface area (Å²) in [5.41, 5.74) is 7.90. The zero-order valence-corrected chi connectivity index (χ0v) is 29.9. The minimum absolute atomic E-state index is 0. The summed E-state index contributed by atoms with van der Waals surface area (Å²) in [5, 5.41) is 0. The Balaban J connectivity index is 0.00000179. The van der Waals surface area contributed by atoms with E-state index in [0.717, 1.165) is 21.0 Å². The van der Waals surface area contributed by atoms with Gasteiger partial charge in [0.25, 0.3) is 0 Å². The molecule has 0 aromatic heterocycles. The first kappa shape index (κ1) is 33.2. The third-order valence-electron chi connectivity index (χ3n) is 12.1. The molecule has 6 aliphatic rings. The molecular weight excluding hydrogens is 688 g/mol. The molecule has 4 fully saturated rings. The summed E-state index contributed by atoms with van der Waals surface area (Å²) in [6.07, 6.45) is 7.84. The van der Waals surface area contributed by atoms with Gasteiger partial charge in [-0.15, -0.1) is 0 Å². The van der Waals surface area contributed by atoms with E-state index in [-0.39, 0.29) is 34.4 Å². The molecule has 3 aromatic rings. The normalized spacial score (nSPS) is 28.7. The SMILES string of the molecule is [CH2]=[Zr+2]([C]1=C(C)C(CC23CC4CC(CC(C4)C2)C3)=CC1C)([c]1ccc(C(F)(F)F)cc1)[CH]1c2ccccc2-c2ccccc21.[Cl-].[Cl-]. The van der Waals surface area contributed by atoms with Crippen LogP contribution in [0.5, 0.6) is 0 Å². The van der Waals surface area contributed by atoms with Crippen LogP contribution in [0, 0.1) is 29.1 Å². The molecule has 4 saturated carbocycles. The van der Waals surface area contributed by atoms with Crippen molar-refractivity contribution in [1.82, 2.24) is 0 Å². The van der Waals surface area contributed by atoms with Crippen molar-refractivity contribution in [3.63, 3.8) is 0 Å². The van der Waals surface area contributed by atoms with E-state index < -0.39 is 31.5 Å². The van der Waals surface area contributed by atoms with Crippen LogP contribution >= 0.6 is 0 Å². The third kappa shape index (κ3) is 5.25.